The molecule has 0 atom stereocenters. The van der Waals surface area contributed by atoms with Crippen molar-refractivity contribution in [2.75, 3.05) is 11.9 Å². The van der Waals surface area contributed by atoms with E-state index in [0.717, 1.165) is 40.7 Å². The number of urea groups is 1. The number of carbonyl (C=O) groups excluding carboxylic acids is 1. The summed E-state index contributed by atoms with van der Waals surface area (Å²) in [5.41, 5.74) is 3.68. The van der Waals surface area contributed by atoms with Crippen LogP contribution in [0.4, 0.5) is 10.5 Å². The molecular formula is C18H20N4O. The van der Waals surface area contributed by atoms with Crippen LogP contribution in [0.15, 0.2) is 48.8 Å². The first-order chi connectivity index (χ1) is 11.3. The van der Waals surface area contributed by atoms with Gasteiger partial charge in [-0.05, 0) is 36.2 Å². The number of benzene rings is 1. The molecule has 23 heavy (non-hydrogen) atoms. The smallest absolute Gasteiger partial charge is 0.319 e. The van der Waals surface area contributed by atoms with E-state index in [-0.39, 0.29) is 6.03 Å². The highest BCUT2D eigenvalue weighted by Crippen LogP contribution is 2.24. The second kappa shape index (κ2) is 6.96. The Labute approximate surface area is 135 Å². The van der Waals surface area contributed by atoms with Gasteiger partial charge in [-0.25, -0.2) is 9.78 Å². The summed E-state index contributed by atoms with van der Waals surface area (Å²) in [6, 6.07) is 11.7. The minimum absolute atomic E-state index is 0.171. The average molecular weight is 308 g/mol. The summed E-state index contributed by atoms with van der Waals surface area (Å²) in [6.45, 7) is 2.79. The van der Waals surface area contributed by atoms with Crippen molar-refractivity contribution in [1.82, 2.24) is 15.3 Å². The van der Waals surface area contributed by atoms with E-state index in [1.165, 1.54) is 0 Å². The standard InChI is InChI=1S/C18H20N4O/c1-2-3-8-20-18(23)22-16-6-4-5-13(11-16)15-10-14-7-9-19-17(14)21-12-15/h4-7,9-12H,2-3,8H2,1H3,(H,19,21)(H2,20,22,23). The molecule has 0 unspecified atom stereocenters. The van der Waals surface area contributed by atoms with Gasteiger partial charge in [0.1, 0.15) is 5.65 Å². The summed E-state index contributed by atoms with van der Waals surface area (Å²) in [4.78, 5) is 19.3. The predicted molar refractivity (Wildman–Crippen MR) is 93.5 cm³/mol. The molecule has 3 rings (SSSR count). The zero-order valence-electron chi connectivity index (χ0n) is 13.1. The first-order valence-electron chi connectivity index (χ1n) is 7.84. The van der Waals surface area contributed by atoms with Crippen LogP contribution in [0.5, 0.6) is 0 Å². The van der Waals surface area contributed by atoms with E-state index < -0.39 is 0 Å². The number of nitrogens with one attached hydrogen (secondary N) is 3. The fraction of sp³-hybridized carbons (Fsp3) is 0.222. The highest BCUT2D eigenvalue weighted by Gasteiger charge is 2.05. The van der Waals surface area contributed by atoms with Crippen molar-refractivity contribution in [2.45, 2.75) is 19.8 Å². The maximum Gasteiger partial charge on any atom is 0.319 e. The lowest BCUT2D eigenvalue weighted by Crippen LogP contribution is -2.29. The Balaban J connectivity index is 1.75. The lowest BCUT2D eigenvalue weighted by molar-refractivity contribution is 0.252. The van der Waals surface area contributed by atoms with Gasteiger partial charge in [-0.15, -0.1) is 0 Å². The molecule has 0 fully saturated rings. The topological polar surface area (TPSA) is 69.8 Å². The van der Waals surface area contributed by atoms with E-state index in [2.05, 4.69) is 33.6 Å². The van der Waals surface area contributed by atoms with Crippen LogP contribution in [-0.2, 0) is 0 Å². The third-order valence-corrected chi connectivity index (χ3v) is 3.67. The normalized spacial score (nSPS) is 10.7. The van der Waals surface area contributed by atoms with E-state index in [0.29, 0.717) is 6.54 Å². The third kappa shape index (κ3) is 3.69. The largest absolute Gasteiger partial charge is 0.346 e. The minimum atomic E-state index is -0.171. The van der Waals surface area contributed by atoms with Gasteiger partial charge in [-0.2, -0.15) is 0 Å². The SMILES string of the molecule is CCCCNC(=O)Nc1cccc(-c2cnc3[nH]ccc3c2)c1. The van der Waals surface area contributed by atoms with Gasteiger partial charge >= 0.3 is 6.03 Å². The Morgan fingerprint density at radius 3 is 3.00 bits per heavy atom. The Morgan fingerprint density at radius 1 is 1.22 bits per heavy atom. The maximum absolute atomic E-state index is 11.8. The van der Waals surface area contributed by atoms with Crippen molar-refractivity contribution in [3.8, 4) is 11.1 Å². The molecule has 0 radical (unpaired) electrons. The molecule has 5 heteroatoms. The quantitative estimate of drug-likeness (QED) is 0.620. The number of hydrogen-bond acceptors (Lipinski definition) is 2. The summed E-state index contributed by atoms with van der Waals surface area (Å²) < 4.78 is 0. The van der Waals surface area contributed by atoms with Crippen LogP contribution in [0.1, 0.15) is 19.8 Å². The molecule has 0 bridgehead atoms. The number of pyridine rings is 1. The third-order valence-electron chi connectivity index (χ3n) is 3.67. The fourth-order valence-electron chi connectivity index (χ4n) is 2.43. The van der Waals surface area contributed by atoms with Gasteiger partial charge in [0.2, 0.25) is 0 Å². The molecule has 2 heterocycles. The minimum Gasteiger partial charge on any atom is -0.346 e. The number of rotatable bonds is 5. The highest BCUT2D eigenvalue weighted by molar-refractivity contribution is 5.90. The van der Waals surface area contributed by atoms with Crippen LogP contribution in [0.25, 0.3) is 22.2 Å². The number of amides is 2. The molecule has 0 saturated carbocycles. The molecule has 0 aliphatic carbocycles. The molecule has 0 aliphatic rings. The molecule has 2 aromatic heterocycles. The molecule has 0 aliphatic heterocycles. The zero-order valence-corrected chi connectivity index (χ0v) is 13.1. The Bertz CT molecular complexity index is 809. The van der Waals surface area contributed by atoms with Crippen molar-refractivity contribution in [3.63, 3.8) is 0 Å². The fourth-order valence-corrected chi connectivity index (χ4v) is 2.43. The lowest BCUT2D eigenvalue weighted by Gasteiger charge is -2.09. The molecular weight excluding hydrogens is 288 g/mol. The van der Waals surface area contributed by atoms with Crippen molar-refractivity contribution in [1.29, 1.82) is 0 Å². The van der Waals surface area contributed by atoms with Gasteiger partial charge in [-0.3, -0.25) is 0 Å². The maximum atomic E-state index is 11.8. The first-order valence-corrected chi connectivity index (χ1v) is 7.84. The Kier molecular flexibility index (Phi) is 4.57. The van der Waals surface area contributed by atoms with Gasteiger partial charge in [-0.1, -0.05) is 25.5 Å². The number of H-pyrrole nitrogens is 1. The van der Waals surface area contributed by atoms with Gasteiger partial charge in [0.15, 0.2) is 0 Å². The van der Waals surface area contributed by atoms with Crippen molar-refractivity contribution in [3.05, 3.63) is 48.8 Å². The summed E-state index contributed by atoms with van der Waals surface area (Å²) in [5.74, 6) is 0. The first kappa shape index (κ1) is 15.1. The van der Waals surface area contributed by atoms with Crippen molar-refractivity contribution >= 4 is 22.8 Å². The zero-order chi connectivity index (χ0) is 16.1. The molecule has 0 saturated heterocycles. The number of aromatic amines is 1. The summed E-state index contributed by atoms with van der Waals surface area (Å²) in [5, 5.41) is 6.78. The second-order valence-corrected chi connectivity index (χ2v) is 5.45. The van der Waals surface area contributed by atoms with Gasteiger partial charge < -0.3 is 15.6 Å². The van der Waals surface area contributed by atoms with E-state index >= 15 is 0 Å². The number of aromatic nitrogens is 2. The average Bonchev–Trinajstić information content (AvgIpc) is 3.03. The molecule has 3 N–H and O–H groups in total. The van der Waals surface area contributed by atoms with Crippen LogP contribution in [-0.4, -0.2) is 22.5 Å². The summed E-state index contributed by atoms with van der Waals surface area (Å²) in [7, 11) is 0. The molecule has 1 aromatic carbocycles. The number of anilines is 1. The molecule has 5 nitrogen and oxygen atoms in total. The molecule has 118 valence electrons. The summed E-state index contributed by atoms with van der Waals surface area (Å²) in [6.07, 6.45) is 5.75. The highest BCUT2D eigenvalue weighted by atomic mass is 16.2. The number of unbranched alkanes of at least 4 members (excludes halogenated alkanes) is 1. The van der Waals surface area contributed by atoms with E-state index in [4.69, 9.17) is 0 Å². The van der Waals surface area contributed by atoms with Crippen LogP contribution in [0.3, 0.4) is 0 Å². The van der Waals surface area contributed by atoms with Crippen molar-refractivity contribution in [2.24, 2.45) is 0 Å². The monoisotopic (exact) mass is 308 g/mol. The lowest BCUT2D eigenvalue weighted by atomic mass is 10.1. The molecule has 3 aromatic rings. The number of carbonyl (C=O) groups is 1. The number of fused-ring (bicyclic) bond motifs is 1. The van der Waals surface area contributed by atoms with Crippen LogP contribution in [0, 0.1) is 0 Å². The van der Waals surface area contributed by atoms with Crippen LogP contribution < -0.4 is 10.6 Å². The van der Waals surface area contributed by atoms with Gasteiger partial charge in [0, 0.05) is 35.6 Å². The van der Waals surface area contributed by atoms with E-state index in [9.17, 15) is 4.79 Å². The Morgan fingerprint density at radius 2 is 2.13 bits per heavy atom. The van der Waals surface area contributed by atoms with E-state index in [1.54, 1.807) is 0 Å². The molecule has 2 amide bonds. The van der Waals surface area contributed by atoms with Crippen LogP contribution in [0.2, 0.25) is 0 Å². The number of hydrogen-bond donors (Lipinski definition) is 3. The van der Waals surface area contributed by atoms with E-state index in [1.807, 2.05) is 42.7 Å². The van der Waals surface area contributed by atoms with Gasteiger partial charge in [0.25, 0.3) is 0 Å². The van der Waals surface area contributed by atoms with Crippen molar-refractivity contribution < 1.29 is 4.79 Å². The summed E-state index contributed by atoms with van der Waals surface area (Å²) >= 11 is 0. The second-order valence-electron chi connectivity index (χ2n) is 5.45. The number of nitrogens with zero attached hydrogens (tertiary/aromatic N) is 1. The van der Waals surface area contributed by atoms with Gasteiger partial charge in [0.05, 0.1) is 0 Å². The molecule has 0 spiro atoms. The van der Waals surface area contributed by atoms with Crippen LogP contribution >= 0.6 is 0 Å². The Hall–Kier alpha value is -2.82. The predicted octanol–water partition coefficient (Wildman–Crippen LogP) is 4.15.